The van der Waals surface area contributed by atoms with Gasteiger partial charge in [-0.2, -0.15) is 0 Å². The van der Waals surface area contributed by atoms with Crippen molar-refractivity contribution in [2.45, 2.75) is 42.7 Å². The summed E-state index contributed by atoms with van der Waals surface area (Å²) in [6.45, 7) is -0.900. The number of benzene rings is 2. The molecule has 37 heavy (non-hydrogen) atoms. The summed E-state index contributed by atoms with van der Waals surface area (Å²) in [7, 11) is 2.95. The van der Waals surface area contributed by atoms with Gasteiger partial charge in [-0.25, -0.2) is 0 Å². The largest absolute Gasteiger partial charge is 0.493 e. The van der Waals surface area contributed by atoms with Crippen molar-refractivity contribution in [2.75, 3.05) is 34.0 Å². The number of hydrogen-bond acceptors (Lipinski definition) is 11. The Balaban J connectivity index is 1.61. The zero-order valence-corrected chi connectivity index (χ0v) is 20.4. The van der Waals surface area contributed by atoms with E-state index in [0.29, 0.717) is 17.1 Å². The molecular formula is C26H32O11. The van der Waals surface area contributed by atoms with Crippen LogP contribution in [0.3, 0.4) is 0 Å². The highest BCUT2D eigenvalue weighted by molar-refractivity contribution is 5.62. The van der Waals surface area contributed by atoms with Crippen LogP contribution in [0.5, 0.6) is 23.0 Å². The van der Waals surface area contributed by atoms with Gasteiger partial charge in [0.05, 0.1) is 40.0 Å². The molecule has 0 aromatic heterocycles. The molecule has 11 nitrogen and oxygen atoms in total. The summed E-state index contributed by atoms with van der Waals surface area (Å²) in [6.07, 6.45) is -4.38. The summed E-state index contributed by atoms with van der Waals surface area (Å²) in [4.78, 5) is 0. The van der Waals surface area contributed by atoms with Gasteiger partial charge in [0.15, 0.2) is 23.0 Å². The molecule has 202 valence electrons. The van der Waals surface area contributed by atoms with Crippen LogP contribution in [0.2, 0.25) is 0 Å². The molecule has 0 spiro atoms. The molecule has 2 aliphatic rings. The smallest absolute Gasteiger partial charge is 0.229 e. The van der Waals surface area contributed by atoms with Crippen LogP contribution >= 0.6 is 0 Å². The number of fused-ring (bicyclic) bond motifs is 1. The Morgan fingerprint density at radius 3 is 2.27 bits per heavy atom. The maximum Gasteiger partial charge on any atom is 0.229 e. The van der Waals surface area contributed by atoms with Crippen LogP contribution in [-0.2, 0) is 4.74 Å². The molecule has 2 aliphatic heterocycles. The Bertz CT molecular complexity index is 1100. The number of aliphatic hydroxyl groups is 6. The summed E-state index contributed by atoms with van der Waals surface area (Å²) in [5.74, 6) is 1.03. The summed E-state index contributed by atoms with van der Waals surface area (Å²) in [5.41, 5.74) is 2.21. The van der Waals surface area contributed by atoms with E-state index in [1.807, 2.05) is 6.07 Å². The number of ether oxygens (including phenoxy) is 5. The fourth-order valence-electron chi connectivity index (χ4n) is 4.60. The van der Waals surface area contributed by atoms with E-state index in [1.54, 1.807) is 36.4 Å². The fraction of sp³-hybridized carbons (Fsp3) is 0.462. The average Bonchev–Trinajstić information content (AvgIpc) is 3.30. The topological polar surface area (TPSA) is 168 Å². The zero-order chi connectivity index (χ0) is 26.7. The lowest BCUT2D eigenvalue weighted by Gasteiger charge is -2.39. The second-order valence-electron chi connectivity index (χ2n) is 8.78. The van der Waals surface area contributed by atoms with E-state index in [4.69, 9.17) is 28.8 Å². The van der Waals surface area contributed by atoms with E-state index in [9.17, 15) is 25.5 Å². The lowest BCUT2D eigenvalue weighted by molar-refractivity contribution is -0.277. The summed E-state index contributed by atoms with van der Waals surface area (Å²) in [5, 5.41) is 59.1. The van der Waals surface area contributed by atoms with Crippen LogP contribution in [0.1, 0.15) is 28.7 Å². The molecule has 2 heterocycles. The Hall–Kier alpha value is -2.90. The van der Waals surface area contributed by atoms with E-state index in [2.05, 4.69) is 0 Å². The number of aliphatic hydroxyl groups excluding tert-OH is 6. The first-order valence-electron chi connectivity index (χ1n) is 11.8. The van der Waals surface area contributed by atoms with E-state index in [0.717, 1.165) is 11.1 Å². The van der Waals surface area contributed by atoms with Gasteiger partial charge in [-0.3, -0.25) is 0 Å². The predicted octanol–water partition coefficient (Wildman–Crippen LogP) is 0.0976. The molecule has 0 amide bonds. The molecular weight excluding hydrogens is 488 g/mol. The molecule has 2 aromatic rings. The van der Waals surface area contributed by atoms with E-state index >= 15 is 0 Å². The van der Waals surface area contributed by atoms with Crippen LogP contribution in [0.25, 0.3) is 6.08 Å². The molecule has 0 unspecified atom stereocenters. The molecule has 2 aromatic carbocycles. The van der Waals surface area contributed by atoms with Gasteiger partial charge in [0, 0.05) is 5.56 Å². The first kappa shape index (κ1) is 27.1. The molecule has 1 fully saturated rings. The number of rotatable bonds is 9. The van der Waals surface area contributed by atoms with Gasteiger partial charge in [0.2, 0.25) is 6.29 Å². The minimum absolute atomic E-state index is 0.112. The monoisotopic (exact) mass is 520 g/mol. The quantitative estimate of drug-likeness (QED) is 0.265. The maximum absolute atomic E-state index is 10.3. The van der Waals surface area contributed by atoms with Crippen molar-refractivity contribution in [3.05, 3.63) is 53.1 Å². The van der Waals surface area contributed by atoms with Gasteiger partial charge in [0.1, 0.15) is 30.5 Å². The highest BCUT2D eigenvalue weighted by atomic mass is 16.7. The molecule has 0 saturated carbocycles. The van der Waals surface area contributed by atoms with Crippen molar-refractivity contribution in [2.24, 2.45) is 0 Å². The summed E-state index contributed by atoms with van der Waals surface area (Å²) < 4.78 is 28.4. The minimum atomic E-state index is -1.58. The van der Waals surface area contributed by atoms with Crippen molar-refractivity contribution in [3.63, 3.8) is 0 Å². The molecule has 7 atom stereocenters. The summed E-state index contributed by atoms with van der Waals surface area (Å²) >= 11 is 0. The third-order valence-electron chi connectivity index (χ3n) is 6.56. The maximum atomic E-state index is 10.3. The predicted molar refractivity (Wildman–Crippen MR) is 130 cm³/mol. The van der Waals surface area contributed by atoms with Crippen LogP contribution in [0.15, 0.2) is 36.4 Å². The van der Waals surface area contributed by atoms with Gasteiger partial charge >= 0.3 is 0 Å². The van der Waals surface area contributed by atoms with E-state index in [1.165, 1.54) is 14.2 Å². The van der Waals surface area contributed by atoms with Crippen molar-refractivity contribution in [1.29, 1.82) is 0 Å². The average molecular weight is 521 g/mol. The lowest BCUT2D eigenvalue weighted by atomic mass is 9.90. The lowest BCUT2D eigenvalue weighted by Crippen LogP contribution is -2.60. The van der Waals surface area contributed by atoms with Crippen LogP contribution in [-0.4, -0.2) is 95.4 Å². The Labute approximate surface area is 213 Å². The fourth-order valence-corrected chi connectivity index (χ4v) is 4.60. The number of hydrogen-bond donors (Lipinski definition) is 6. The highest BCUT2D eigenvalue weighted by Crippen LogP contribution is 2.51. The molecule has 11 heteroatoms. The minimum Gasteiger partial charge on any atom is -0.493 e. The van der Waals surface area contributed by atoms with Gasteiger partial charge in [0.25, 0.3) is 0 Å². The normalized spacial score (nSPS) is 29.1. The van der Waals surface area contributed by atoms with Crippen molar-refractivity contribution < 1.29 is 54.3 Å². The number of methoxy groups -OCH3 is 2. The molecule has 6 N–H and O–H groups in total. The molecule has 0 aliphatic carbocycles. The molecule has 0 bridgehead atoms. The second kappa shape index (κ2) is 11.7. The van der Waals surface area contributed by atoms with Crippen LogP contribution < -0.4 is 18.9 Å². The first-order valence-corrected chi connectivity index (χ1v) is 11.8. The first-order chi connectivity index (χ1) is 17.9. The third kappa shape index (κ3) is 5.25. The van der Waals surface area contributed by atoms with Crippen molar-refractivity contribution in [3.8, 4) is 23.0 Å². The highest BCUT2D eigenvalue weighted by Gasteiger charge is 2.45. The van der Waals surface area contributed by atoms with Gasteiger partial charge in [-0.15, -0.1) is 0 Å². The SMILES string of the molecule is COc1cc([C@H]2Oc3c(OC)cc(/C=C/CO)cc3[C@@H]2CO)ccc1O[C@@H]1O[C@H](CO)[C@@H](O)[C@H](O)[C@H]1O. The van der Waals surface area contributed by atoms with Crippen molar-refractivity contribution in [1.82, 2.24) is 0 Å². The second-order valence-corrected chi connectivity index (χ2v) is 8.78. The van der Waals surface area contributed by atoms with Gasteiger partial charge in [-0.1, -0.05) is 18.2 Å². The third-order valence-corrected chi connectivity index (χ3v) is 6.56. The van der Waals surface area contributed by atoms with E-state index in [-0.39, 0.29) is 24.7 Å². The van der Waals surface area contributed by atoms with Crippen LogP contribution in [0, 0.1) is 0 Å². The Morgan fingerprint density at radius 1 is 0.865 bits per heavy atom. The standard InChI is InChI=1S/C26H32O11/c1-33-18-10-14(5-6-17(18)35-26-23(32)22(31)21(30)20(12-29)36-26)24-16(11-28)15-8-13(4-3-7-27)9-19(34-2)25(15)37-24/h3-6,8-10,16,20-24,26-32H,7,11-12H2,1-2H3/b4-3+/t16-,20+,21+,22-,23+,24+,26+/m0/s1. The Morgan fingerprint density at radius 2 is 1.62 bits per heavy atom. The van der Waals surface area contributed by atoms with Gasteiger partial charge in [-0.05, 0) is 35.4 Å². The van der Waals surface area contributed by atoms with E-state index < -0.39 is 49.3 Å². The van der Waals surface area contributed by atoms with Gasteiger partial charge < -0.3 is 54.3 Å². The molecule has 0 radical (unpaired) electrons. The van der Waals surface area contributed by atoms with Crippen LogP contribution in [0.4, 0.5) is 0 Å². The molecule has 4 rings (SSSR count). The molecule has 1 saturated heterocycles. The summed E-state index contributed by atoms with van der Waals surface area (Å²) in [6, 6.07) is 8.60. The van der Waals surface area contributed by atoms with Crippen molar-refractivity contribution >= 4 is 6.08 Å². The Kier molecular flexibility index (Phi) is 8.55. The zero-order valence-electron chi connectivity index (χ0n) is 20.4.